The molecule has 2 aromatic rings. The van der Waals surface area contributed by atoms with E-state index in [2.05, 4.69) is 20.3 Å². The third kappa shape index (κ3) is 1.89. The van der Waals surface area contributed by atoms with Gasteiger partial charge in [-0.05, 0) is 6.92 Å². The smallest absolute Gasteiger partial charge is 0.173 e. The zero-order chi connectivity index (χ0) is 15.2. The Hall–Kier alpha value is -1.81. The largest absolute Gasteiger partial charge is 0.394 e. The van der Waals surface area contributed by atoms with Crippen LogP contribution in [0.3, 0.4) is 0 Å². The summed E-state index contributed by atoms with van der Waals surface area (Å²) in [5, 5.41) is 32.4. The Morgan fingerprint density at radius 3 is 2.76 bits per heavy atom. The van der Waals surface area contributed by atoms with Gasteiger partial charge in [-0.25, -0.2) is 15.0 Å². The number of imidazole rings is 1. The van der Waals surface area contributed by atoms with Gasteiger partial charge in [-0.2, -0.15) is 0 Å². The molecule has 3 heterocycles. The summed E-state index contributed by atoms with van der Waals surface area (Å²) in [4.78, 5) is 12.5. The number of ether oxygens (including phenoxy) is 1. The average molecular weight is 295 g/mol. The van der Waals surface area contributed by atoms with E-state index in [9.17, 15) is 15.3 Å². The van der Waals surface area contributed by atoms with E-state index in [0.717, 1.165) is 0 Å². The van der Waals surface area contributed by atoms with E-state index >= 15 is 0 Å². The van der Waals surface area contributed by atoms with Gasteiger partial charge >= 0.3 is 0 Å². The second kappa shape index (κ2) is 4.88. The lowest BCUT2D eigenvalue weighted by Gasteiger charge is -2.29. The SMILES string of the molecule is CNc1ncnc2c1ncn2[C@]1(C)O[C@H](CO)[C@@H](O)[C@H]1O. The van der Waals surface area contributed by atoms with Crippen molar-refractivity contribution < 1.29 is 20.1 Å². The van der Waals surface area contributed by atoms with E-state index in [0.29, 0.717) is 17.0 Å². The topological polar surface area (TPSA) is 126 Å². The van der Waals surface area contributed by atoms with E-state index in [1.807, 2.05) is 0 Å². The molecule has 3 rings (SSSR count). The molecule has 1 aliphatic rings. The minimum Gasteiger partial charge on any atom is -0.394 e. The van der Waals surface area contributed by atoms with Gasteiger partial charge in [0, 0.05) is 7.05 Å². The number of hydrogen-bond donors (Lipinski definition) is 4. The second-order valence-corrected chi connectivity index (χ2v) is 5.09. The van der Waals surface area contributed by atoms with Crippen molar-refractivity contribution in [1.82, 2.24) is 19.5 Å². The summed E-state index contributed by atoms with van der Waals surface area (Å²) < 4.78 is 7.18. The minimum absolute atomic E-state index is 0.392. The monoisotopic (exact) mass is 295 g/mol. The maximum atomic E-state index is 10.3. The normalized spacial score (nSPS) is 32.7. The minimum atomic E-state index is -1.28. The fourth-order valence-electron chi connectivity index (χ4n) is 2.65. The molecule has 9 nitrogen and oxygen atoms in total. The first-order valence-corrected chi connectivity index (χ1v) is 6.54. The van der Waals surface area contributed by atoms with Crippen molar-refractivity contribution >= 4 is 17.0 Å². The Morgan fingerprint density at radius 2 is 2.14 bits per heavy atom. The highest BCUT2D eigenvalue weighted by atomic mass is 16.6. The summed E-state index contributed by atoms with van der Waals surface area (Å²) in [5.74, 6) is 0.550. The number of rotatable bonds is 3. The Labute approximate surface area is 120 Å². The first kappa shape index (κ1) is 14.1. The number of fused-ring (bicyclic) bond motifs is 1. The molecule has 1 saturated heterocycles. The zero-order valence-corrected chi connectivity index (χ0v) is 11.6. The van der Waals surface area contributed by atoms with Crippen molar-refractivity contribution in [3.63, 3.8) is 0 Å². The summed E-state index contributed by atoms with van der Waals surface area (Å²) in [6.45, 7) is 1.22. The predicted molar refractivity (Wildman–Crippen MR) is 72.5 cm³/mol. The van der Waals surface area contributed by atoms with Crippen molar-refractivity contribution in [3.05, 3.63) is 12.7 Å². The molecule has 0 amide bonds. The third-order valence-electron chi connectivity index (χ3n) is 3.87. The van der Waals surface area contributed by atoms with Crippen LogP contribution in [0.25, 0.3) is 11.2 Å². The lowest BCUT2D eigenvalue weighted by Crippen LogP contribution is -2.43. The summed E-state index contributed by atoms with van der Waals surface area (Å²) in [6, 6.07) is 0. The molecule has 0 spiro atoms. The Balaban J connectivity index is 2.12. The Bertz CT molecular complexity index is 662. The maximum absolute atomic E-state index is 10.3. The van der Waals surface area contributed by atoms with Gasteiger partial charge in [0.25, 0.3) is 0 Å². The van der Waals surface area contributed by atoms with Crippen molar-refractivity contribution in [1.29, 1.82) is 0 Å². The fourth-order valence-corrected chi connectivity index (χ4v) is 2.65. The first-order chi connectivity index (χ1) is 10.0. The van der Waals surface area contributed by atoms with Crippen LogP contribution in [0.2, 0.25) is 0 Å². The molecule has 1 aliphatic heterocycles. The summed E-state index contributed by atoms with van der Waals surface area (Å²) in [5.41, 5.74) is -0.290. The van der Waals surface area contributed by atoms with Gasteiger partial charge in [-0.15, -0.1) is 0 Å². The molecular weight excluding hydrogens is 278 g/mol. The van der Waals surface area contributed by atoms with Crippen LogP contribution in [0, 0.1) is 0 Å². The molecule has 21 heavy (non-hydrogen) atoms. The number of nitrogens with zero attached hydrogens (tertiary/aromatic N) is 4. The quantitative estimate of drug-likeness (QED) is 0.548. The number of hydrogen-bond acceptors (Lipinski definition) is 8. The lowest BCUT2D eigenvalue weighted by molar-refractivity contribution is -0.132. The van der Waals surface area contributed by atoms with Crippen LogP contribution in [0.5, 0.6) is 0 Å². The van der Waals surface area contributed by atoms with Gasteiger partial charge in [0.05, 0.1) is 12.9 Å². The molecule has 0 unspecified atom stereocenters. The summed E-state index contributed by atoms with van der Waals surface area (Å²) >= 11 is 0. The van der Waals surface area contributed by atoms with E-state index in [1.54, 1.807) is 14.0 Å². The predicted octanol–water partition coefficient (Wildman–Crippen LogP) is -1.35. The highest BCUT2D eigenvalue weighted by Gasteiger charge is 2.52. The number of aromatic nitrogens is 4. The molecule has 0 aliphatic carbocycles. The molecule has 0 bridgehead atoms. The molecular formula is C12H17N5O4. The number of nitrogens with one attached hydrogen (secondary N) is 1. The van der Waals surface area contributed by atoms with Gasteiger partial charge in [-0.3, -0.25) is 4.57 Å². The number of aliphatic hydroxyl groups excluding tert-OH is 3. The van der Waals surface area contributed by atoms with Gasteiger partial charge in [0.1, 0.15) is 24.6 Å². The van der Waals surface area contributed by atoms with Gasteiger partial charge in [0.2, 0.25) is 0 Å². The van der Waals surface area contributed by atoms with Crippen LogP contribution >= 0.6 is 0 Å². The van der Waals surface area contributed by atoms with Gasteiger partial charge in [0.15, 0.2) is 22.7 Å². The van der Waals surface area contributed by atoms with E-state index in [-0.39, 0.29) is 0 Å². The van der Waals surface area contributed by atoms with Crippen LogP contribution in [0.4, 0.5) is 5.82 Å². The standard InChI is InChI=1S/C12H17N5O4/c1-12(9(20)8(19)6(3-18)21-12)17-5-16-7-10(13-2)14-4-15-11(7)17/h4-6,8-9,18-20H,3H2,1-2H3,(H,13,14,15)/t6-,8-,9-,12-/m1/s1. The molecule has 2 aromatic heterocycles. The van der Waals surface area contributed by atoms with Crippen LogP contribution in [0.1, 0.15) is 6.92 Å². The van der Waals surface area contributed by atoms with Crippen LogP contribution in [0.15, 0.2) is 12.7 Å². The number of aliphatic hydroxyl groups is 3. The molecule has 0 aromatic carbocycles. The van der Waals surface area contributed by atoms with E-state index in [1.165, 1.54) is 17.2 Å². The van der Waals surface area contributed by atoms with E-state index < -0.39 is 30.6 Å². The summed E-state index contributed by atoms with van der Waals surface area (Å²) in [6.07, 6.45) is -0.441. The Kier molecular flexibility index (Phi) is 3.29. The fraction of sp³-hybridized carbons (Fsp3) is 0.583. The maximum Gasteiger partial charge on any atom is 0.173 e. The molecule has 0 saturated carbocycles. The highest BCUT2D eigenvalue weighted by molar-refractivity contribution is 5.82. The van der Waals surface area contributed by atoms with Crippen molar-refractivity contribution in [2.45, 2.75) is 31.0 Å². The van der Waals surface area contributed by atoms with Crippen molar-refractivity contribution in [2.24, 2.45) is 0 Å². The molecule has 1 fully saturated rings. The van der Waals surface area contributed by atoms with Gasteiger partial charge in [-0.1, -0.05) is 0 Å². The lowest BCUT2D eigenvalue weighted by atomic mass is 10.0. The highest BCUT2D eigenvalue weighted by Crippen LogP contribution is 2.37. The third-order valence-corrected chi connectivity index (χ3v) is 3.87. The van der Waals surface area contributed by atoms with Crippen LogP contribution < -0.4 is 5.32 Å². The van der Waals surface area contributed by atoms with Crippen LogP contribution in [-0.2, 0) is 10.5 Å². The average Bonchev–Trinajstić information content (AvgIpc) is 3.03. The molecule has 4 atom stereocenters. The van der Waals surface area contributed by atoms with Crippen molar-refractivity contribution in [2.75, 3.05) is 19.0 Å². The number of anilines is 1. The molecule has 9 heteroatoms. The molecule has 4 N–H and O–H groups in total. The molecule has 0 radical (unpaired) electrons. The second-order valence-electron chi connectivity index (χ2n) is 5.09. The van der Waals surface area contributed by atoms with Crippen LogP contribution in [-0.4, -0.2) is 66.8 Å². The summed E-state index contributed by atoms with van der Waals surface area (Å²) in [7, 11) is 1.72. The van der Waals surface area contributed by atoms with Crippen molar-refractivity contribution in [3.8, 4) is 0 Å². The van der Waals surface area contributed by atoms with E-state index in [4.69, 9.17) is 4.74 Å². The zero-order valence-electron chi connectivity index (χ0n) is 11.6. The van der Waals surface area contributed by atoms with Gasteiger partial charge < -0.3 is 25.4 Å². The first-order valence-electron chi connectivity index (χ1n) is 6.54. The Morgan fingerprint density at radius 1 is 1.38 bits per heavy atom. The molecule has 114 valence electrons.